The first-order valence-electron chi connectivity index (χ1n) is 10.8. The molecule has 30 heavy (non-hydrogen) atoms. The van der Waals surface area contributed by atoms with Gasteiger partial charge in [-0.05, 0) is 13.0 Å². The van der Waals surface area contributed by atoms with Gasteiger partial charge in [0.05, 0.1) is 13.1 Å². The zero-order valence-corrected chi connectivity index (χ0v) is 18.3. The highest BCUT2D eigenvalue weighted by Crippen LogP contribution is 2.11. The van der Waals surface area contributed by atoms with Crippen LogP contribution in [0.1, 0.15) is 33.1 Å². The first-order chi connectivity index (χ1) is 14.3. The van der Waals surface area contributed by atoms with Crippen molar-refractivity contribution < 1.29 is 29.7 Å². The molecule has 10 heteroatoms. The molecule has 0 bridgehead atoms. The molecular weight excluding hydrogens is 392 g/mol. The SMILES string of the molecule is CCCCC(C(=O)O)N1CCN(CC)CCN(CC(=O)O)CCN(CC(=O)O)CC1. The smallest absolute Gasteiger partial charge is 0.320 e. The lowest BCUT2D eigenvalue weighted by Gasteiger charge is -2.35. The summed E-state index contributed by atoms with van der Waals surface area (Å²) in [5, 5.41) is 28.2. The van der Waals surface area contributed by atoms with E-state index in [0.29, 0.717) is 58.8 Å². The first kappa shape index (κ1) is 26.3. The summed E-state index contributed by atoms with van der Waals surface area (Å²) >= 11 is 0. The molecule has 1 aliphatic rings. The topological polar surface area (TPSA) is 125 Å². The van der Waals surface area contributed by atoms with E-state index in [2.05, 4.69) is 4.90 Å². The van der Waals surface area contributed by atoms with Crippen LogP contribution in [0.5, 0.6) is 0 Å². The van der Waals surface area contributed by atoms with Gasteiger partial charge in [0.25, 0.3) is 0 Å². The number of likely N-dealkylation sites (N-methyl/N-ethyl adjacent to an activating group) is 1. The summed E-state index contributed by atoms with van der Waals surface area (Å²) in [6.45, 7) is 8.92. The van der Waals surface area contributed by atoms with Gasteiger partial charge in [0, 0.05) is 52.4 Å². The zero-order chi connectivity index (χ0) is 22.5. The van der Waals surface area contributed by atoms with Crippen molar-refractivity contribution in [2.45, 2.75) is 39.2 Å². The van der Waals surface area contributed by atoms with E-state index in [1.54, 1.807) is 4.90 Å². The predicted octanol–water partition coefficient (Wildman–Crippen LogP) is 0.0405. The van der Waals surface area contributed by atoms with Gasteiger partial charge in [-0.15, -0.1) is 0 Å². The lowest BCUT2D eigenvalue weighted by atomic mass is 10.1. The molecular formula is C20H38N4O6. The molecule has 0 aliphatic carbocycles. The Morgan fingerprint density at radius 2 is 1.17 bits per heavy atom. The maximum absolute atomic E-state index is 11.9. The van der Waals surface area contributed by atoms with Gasteiger partial charge in [0.1, 0.15) is 6.04 Å². The molecule has 0 aromatic carbocycles. The minimum absolute atomic E-state index is 0.0807. The molecule has 0 spiro atoms. The van der Waals surface area contributed by atoms with Crippen molar-refractivity contribution in [1.82, 2.24) is 19.6 Å². The van der Waals surface area contributed by atoms with Crippen molar-refractivity contribution in [3.8, 4) is 0 Å². The largest absolute Gasteiger partial charge is 0.480 e. The maximum atomic E-state index is 11.9. The molecule has 10 nitrogen and oxygen atoms in total. The van der Waals surface area contributed by atoms with E-state index < -0.39 is 23.9 Å². The quantitative estimate of drug-likeness (QED) is 0.437. The summed E-state index contributed by atoms with van der Waals surface area (Å²) in [6, 6.07) is -0.582. The van der Waals surface area contributed by atoms with Crippen LogP contribution in [-0.2, 0) is 14.4 Å². The third-order valence-electron chi connectivity index (χ3n) is 5.59. The minimum atomic E-state index is -0.948. The fourth-order valence-electron chi connectivity index (χ4n) is 3.74. The van der Waals surface area contributed by atoms with E-state index in [1.807, 2.05) is 23.6 Å². The van der Waals surface area contributed by atoms with Gasteiger partial charge in [-0.1, -0.05) is 26.7 Å². The summed E-state index contributed by atoms with van der Waals surface area (Å²) < 4.78 is 0. The first-order valence-corrected chi connectivity index (χ1v) is 10.8. The third-order valence-corrected chi connectivity index (χ3v) is 5.59. The lowest BCUT2D eigenvalue weighted by molar-refractivity contribution is -0.144. The van der Waals surface area contributed by atoms with Gasteiger partial charge < -0.3 is 20.2 Å². The highest BCUT2D eigenvalue weighted by Gasteiger charge is 2.26. The summed E-state index contributed by atoms with van der Waals surface area (Å²) in [5.74, 6) is -2.69. The standard InChI is InChI=1S/C20H38N4O6/c1-3-5-6-17(20(29)30)24-13-11-21(4-2)7-8-22(15-18(25)26)9-10-23(12-14-24)16-19(27)28/h17H,3-16H2,1-2H3,(H,25,26)(H,27,28)(H,29,30). The van der Waals surface area contributed by atoms with Crippen molar-refractivity contribution in [1.29, 1.82) is 0 Å². The van der Waals surface area contributed by atoms with Gasteiger partial charge >= 0.3 is 17.9 Å². The Kier molecular flexibility index (Phi) is 12.5. The third kappa shape index (κ3) is 10.3. The van der Waals surface area contributed by atoms with Crippen LogP contribution in [0, 0.1) is 0 Å². The molecule has 0 aromatic heterocycles. The average Bonchev–Trinajstić information content (AvgIpc) is 2.66. The minimum Gasteiger partial charge on any atom is -0.480 e. The fourth-order valence-corrected chi connectivity index (χ4v) is 3.74. The number of carboxylic acid groups (broad SMARTS) is 3. The van der Waals surface area contributed by atoms with Crippen LogP contribution < -0.4 is 0 Å². The van der Waals surface area contributed by atoms with Gasteiger partial charge in [-0.2, -0.15) is 0 Å². The molecule has 1 aliphatic heterocycles. The molecule has 1 heterocycles. The van der Waals surface area contributed by atoms with Crippen LogP contribution in [-0.4, -0.2) is 131 Å². The number of carboxylic acids is 3. The molecule has 1 saturated heterocycles. The normalized spacial score (nSPS) is 20.2. The predicted molar refractivity (Wildman–Crippen MR) is 113 cm³/mol. The number of hydrogen-bond donors (Lipinski definition) is 3. The monoisotopic (exact) mass is 430 g/mol. The molecule has 1 rings (SSSR count). The molecule has 0 saturated carbocycles. The summed E-state index contributed by atoms with van der Waals surface area (Å²) in [6.07, 6.45) is 2.32. The van der Waals surface area contributed by atoms with Crippen LogP contribution in [0.3, 0.4) is 0 Å². The van der Waals surface area contributed by atoms with Crippen molar-refractivity contribution >= 4 is 17.9 Å². The summed E-state index contributed by atoms with van der Waals surface area (Å²) in [7, 11) is 0. The van der Waals surface area contributed by atoms with Crippen LogP contribution in [0.4, 0.5) is 0 Å². The zero-order valence-electron chi connectivity index (χ0n) is 18.3. The highest BCUT2D eigenvalue weighted by molar-refractivity contribution is 5.73. The van der Waals surface area contributed by atoms with E-state index in [4.69, 9.17) is 0 Å². The summed E-state index contributed by atoms with van der Waals surface area (Å²) in [4.78, 5) is 42.2. The van der Waals surface area contributed by atoms with Crippen LogP contribution in [0.25, 0.3) is 0 Å². The molecule has 0 radical (unpaired) electrons. The van der Waals surface area contributed by atoms with E-state index in [9.17, 15) is 29.7 Å². The second-order valence-electron chi connectivity index (χ2n) is 7.81. The second kappa shape index (κ2) is 14.3. The molecule has 1 atom stereocenters. The van der Waals surface area contributed by atoms with Crippen molar-refractivity contribution in [2.24, 2.45) is 0 Å². The second-order valence-corrected chi connectivity index (χ2v) is 7.81. The lowest BCUT2D eigenvalue weighted by Crippen LogP contribution is -2.51. The number of rotatable bonds is 10. The van der Waals surface area contributed by atoms with Gasteiger partial charge in [0.15, 0.2) is 0 Å². The molecule has 0 aromatic rings. The average molecular weight is 431 g/mol. The van der Waals surface area contributed by atoms with E-state index >= 15 is 0 Å². The number of hydrogen-bond acceptors (Lipinski definition) is 7. The molecule has 3 N–H and O–H groups in total. The Morgan fingerprint density at radius 3 is 1.57 bits per heavy atom. The van der Waals surface area contributed by atoms with Crippen molar-refractivity contribution in [3.63, 3.8) is 0 Å². The Bertz CT molecular complexity index is 547. The van der Waals surface area contributed by atoms with Crippen LogP contribution in [0.2, 0.25) is 0 Å². The molecule has 174 valence electrons. The van der Waals surface area contributed by atoms with Gasteiger partial charge in [0.2, 0.25) is 0 Å². The molecule has 0 amide bonds. The number of aliphatic carboxylic acids is 3. The van der Waals surface area contributed by atoms with E-state index in [-0.39, 0.29) is 13.1 Å². The summed E-state index contributed by atoms with van der Waals surface area (Å²) in [5.41, 5.74) is 0. The van der Waals surface area contributed by atoms with Gasteiger partial charge in [-0.3, -0.25) is 29.1 Å². The Morgan fingerprint density at radius 1 is 0.733 bits per heavy atom. The number of nitrogens with zero attached hydrogens (tertiary/aromatic N) is 4. The number of unbranched alkanes of at least 4 members (excludes halogenated alkanes) is 1. The Labute approximate surface area is 179 Å². The Hall–Kier alpha value is -1.75. The Balaban J connectivity index is 2.98. The molecule has 1 fully saturated rings. The fraction of sp³-hybridized carbons (Fsp3) is 0.850. The highest BCUT2D eigenvalue weighted by atomic mass is 16.4. The van der Waals surface area contributed by atoms with Crippen LogP contribution >= 0.6 is 0 Å². The van der Waals surface area contributed by atoms with E-state index in [1.165, 1.54) is 0 Å². The number of carbonyl (C=O) groups is 3. The van der Waals surface area contributed by atoms with Gasteiger partial charge in [-0.25, -0.2) is 0 Å². The van der Waals surface area contributed by atoms with E-state index in [0.717, 1.165) is 19.4 Å². The van der Waals surface area contributed by atoms with Crippen LogP contribution in [0.15, 0.2) is 0 Å². The van der Waals surface area contributed by atoms with Crippen molar-refractivity contribution in [3.05, 3.63) is 0 Å². The van der Waals surface area contributed by atoms with Crippen molar-refractivity contribution in [2.75, 3.05) is 72.0 Å². The molecule has 1 unspecified atom stereocenters. The maximum Gasteiger partial charge on any atom is 0.320 e.